The minimum absolute atomic E-state index is 0. The average Bonchev–Trinajstić information content (AvgIpc) is 2.67. The van der Waals surface area contributed by atoms with Crippen molar-refractivity contribution in [1.82, 2.24) is 19.4 Å². The van der Waals surface area contributed by atoms with Crippen molar-refractivity contribution in [2.24, 2.45) is 4.99 Å². The average molecular weight is 573 g/mol. The summed E-state index contributed by atoms with van der Waals surface area (Å²) in [7, 11) is -3.33. The lowest BCUT2D eigenvalue weighted by Crippen LogP contribution is -2.56. The van der Waals surface area contributed by atoms with Crippen molar-refractivity contribution in [1.29, 1.82) is 0 Å². The minimum atomic E-state index is -4.23. The predicted octanol–water partition coefficient (Wildman–Crippen LogP) is 1.52. The molecule has 1 N–H and O–H groups in total. The maximum absolute atomic E-state index is 12.9. The van der Waals surface area contributed by atoms with Crippen LogP contribution in [0.1, 0.15) is 13.8 Å². The van der Waals surface area contributed by atoms with E-state index in [-0.39, 0.29) is 49.4 Å². The molecule has 2 rings (SSSR count). The molecule has 13 heteroatoms. The first kappa shape index (κ1) is 27.0. The fourth-order valence-corrected chi connectivity index (χ4v) is 5.63. The van der Waals surface area contributed by atoms with Gasteiger partial charge in [-0.05, 0) is 13.8 Å². The molecule has 7 nitrogen and oxygen atoms in total. The van der Waals surface area contributed by atoms with Gasteiger partial charge in [0.2, 0.25) is 10.0 Å². The van der Waals surface area contributed by atoms with Gasteiger partial charge in [0.15, 0.2) is 5.96 Å². The number of aliphatic imine (C=N–C) groups is 1. The molecule has 0 aliphatic carbocycles. The lowest BCUT2D eigenvalue weighted by Gasteiger charge is -2.39. The monoisotopic (exact) mass is 573 g/mol. The van der Waals surface area contributed by atoms with E-state index in [0.29, 0.717) is 38.7 Å². The fourth-order valence-electron chi connectivity index (χ4n) is 3.17. The van der Waals surface area contributed by atoms with Crippen LogP contribution in [0.3, 0.4) is 0 Å². The van der Waals surface area contributed by atoms with E-state index in [0.717, 1.165) is 11.5 Å². The third-order valence-electron chi connectivity index (χ3n) is 4.94. The summed E-state index contributed by atoms with van der Waals surface area (Å²) in [6.45, 7) is 6.31. The number of guanidine groups is 1. The Balaban J connectivity index is 0.00000420. The first-order valence-electron chi connectivity index (χ1n) is 9.54. The first-order valence-corrected chi connectivity index (χ1v) is 12.3. The van der Waals surface area contributed by atoms with Gasteiger partial charge in [0.25, 0.3) is 0 Å². The largest absolute Gasteiger partial charge is 0.403 e. The second-order valence-electron chi connectivity index (χ2n) is 6.80. The molecule has 2 aliphatic heterocycles. The van der Waals surface area contributed by atoms with Gasteiger partial charge in [0.1, 0.15) is 6.04 Å². The summed E-state index contributed by atoms with van der Waals surface area (Å²) in [6.07, 6.45) is -4.23. The van der Waals surface area contributed by atoms with Gasteiger partial charge in [-0.2, -0.15) is 24.9 Å². The van der Waals surface area contributed by atoms with E-state index in [4.69, 9.17) is 0 Å². The Morgan fingerprint density at radius 3 is 2.24 bits per heavy atom. The van der Waals surface area contributed by atoms with E-state index in [9.17, 15) is 21.6 Å². The number of hydrogen-bond acceptors (Lipinski definition) is 5. The van der Waals surface area contributed by atoms with Crippen LogP contribution in [0, 0.1) is 0 Å². The highest BCUT2D eigenvalue weighted by atomic mass is 127. The number of halogens is 4. The van der Waals surface area contributed by atoms with Crippen LogP contribution < -0.4 is 5.32 Å². The van der Waals surface area contributed by atoms with Gasteiger partial charge in [-0.15, -0.1) is 24.0 Å². The molecule has 29 heavy (non-hydrogen) atoms. The Morgan fingerprint density at radius 1 is 1.14 bits per heavy atom. The van der Waals surface area contributed by atoms with Crippen LogP contribution in [0.2, 0.25) is 0 Å². The summed E-state index contributed by atoms with van der Waals surface area (Å²) < 4.78 is 65.0. The Bertz CT molecular complexity index is 623. The molecule has 0 amide bonds. The summed E-state index contributed by atoms with van der Waals surface area (Å²) in [5.41, 5.74) is 0. The third kappa shape index (κ3) is 8.22. The van der Waals surface area contributed by atoms with Crippen LogP contribution in [0.25, 0.3) is 0 Å². The lowest BCUT2D eigenvalue weighted by molar-refractivity contribution is -0.181. The van der Waals surface area contributed by atoms with Gasteiger partial charge in [0, 0.05) is 57.3 Å². The van der Waals surface area contributed by atoms with E-state index in [2.05, 4.69) is 10.3 Å². The molecular weight excluding hydrogens is 542 g/mol. The van der Waals surface area contributed by atoms with Crippen LogP contribution in [0.5, 0.6) is 0 Å². The van der Waals surface area contributed by atoms with E-state index >= 15 is 0 Å². The van der Waals surface area contributed by atoms with Crippen LogP contribution in [0.15, 0.2) is 4.99 Å². The van der Waals surface area contributed by atoms with Crippen LogP contribution in [-0.2, 0) is 10.0 Å². The molecule has 1 atom stereocenters. The molecule has 2 heterocycles. The zero-order valence-electron chi connectivity index (χ0n) is 16.8. The van der Waals surface area contributed by atoms with E-state index < -0.39 is 22.2 Å². The molecule has 0 saturated carbocycles. The van der Waals surface area contributed by atoms with Gasteiger partial charge in [-0.1, -0.05) is 0 Å². The van der Waals surface area contributed by atoms with Gasteiger partial charge >= 0.3 is 6.18 Å². The Morgan fingerprint density at radius 2 is 1.72 bits per heavy atom. The van der Waals surface area contributed by atoms with Crippen molar-refractivity contribution in [3.63, 3.8) is 0 Å². The number of nitrogens with one attached hydrogen (secondary N) is 1. The van der Waals surface area contributed by atoms with Crippen molar-refractivity contribution in [3.8, 4) is 0 Å². The summed E-state index contributed by atoms with van der Waals surface area (Å²) in [5.74, 6) is 2.13. The zero-order valence-corrected chi connectivity index (χ0v) is 20.8. The molecule has 172 valence electrons. The fraction of sp³-hybridized carbons (Fsp3) is 0.938. The second kappa shape index (κ2) is 12.2. The Labute approximate surface area is 192 Å². The molecule has 2 saturated heterocycles. The molecule has 0 spiro atoms. The number of piperazine rings is 1. The quantitative estimate of drug-likeness (QED) is 0.296. The zero-order chi connectivity index (χ0) is 20.8. The molecule has 0 aromatic carbocycles. The first-order chi connectivity index (χ1) is 13.1. The molecule has 1 unspecified atom stereocenters. The predicted molar refractivity (Wildman–Crippen MR) is 123 cm³/mol. The standard InChI is InChI=1S/C16H30F3N5O2S2.HI/c1-3-20-15(21-4-13-28(25,26)24-9-11-27-12-10-24)23-7-5-22(6-8-23)14(2)16(17,18)19;/h14H,3-13H2,1-2H3,(H,20,21);1H. The molecule has 0 aromatic heterocycles. The molecular formula is C16H31F3IN5O2S2. The normalized spacial score (nSPS) is 21.6. The van der Waals surface area contributed by atoms with Gasteiger partial charge < -0.3 is 10.2 Å². The van der Waals surface area contributed by atoms with Crippen LogP contribution in [-0.4, -0.2) is 110 Å². The number of nitrogens with zero attached hydrogens (tertiary/aromatic N) is 4. The highest BCUT2D eigenvalue weighted by Gasteiger charge is 2.41. The summed E-state index contributed by atoms with van der Waals surface area (Å²) in [5, 5.41) is 3.12. The van der Waals surface area contributed by atoms with E-state index in [1.807, 2.05) is 11.8 Å². The van der Waals surface area contributed by atoms with E-state index in [1.165, 1.54) is 16.1 Å². The van der Waals surface area contributed by atoms with Gasteiger partial charge in [-0.25, -0.2) is 12.7 Å². The number of hydrogen-bond donors (Lipinski definition) is 1. The van der Waals surface area contributed by atoms with Crippen molar-refractivity contribution in [3.05, 3.63) is 0 Å². The molecule has 0 bridgehead atoms. The maximum atomic E-state index is 12.9. The number of sulfonamides is 1. The highest BCUT2D eigenvalue weighted by Crippen LogP contribution is 2.25. The molecule has 2 aliphatic rings. The smallest absolute Gasteiger partial charge is 0.357 e. The van der Waals surface area contributed by atoms with Gasteiger partial charge in [-0.3, -0.25) is 9.89 Å². The number of rotatable bonds is 6. The van der Waals surface area contributed by atoms with E-state index in [1.54, 1.807) is 11.8 Å². The lowest BCUT2D eigenvalue weighted by atomic mass is 10.2. The minimum Gasteiger partial charge on any atom is -0.357 e. The molecule has 0 radical (unpaired) electrons. The SMILES string of the molecule is CCNC(=NCCS(=O)(=O)N1CCSCC1)N1CCN(C(C)C(F)(F)F)CC1.I. The highest BCUT2D eigenvalue weighted by molar-refractivity contribution is 14.0. The van der Waals surface area contributed by atoms with Gasteiger partial charge in [0.05, 0.1) is 12.3 Å². The van der Waals surface area contributed by atoms with Crippen LogP contribution in [0.4, 0.5) is 13.2 Å². The molecule has 2 fully saturated rings. The summed E-state index contributed by atoms with van der Waals surface area (Å²) in [4.78, 5) is 7.73. The van der Waals surface area contributed by atoms with Crippen molar-refractivity contribution in [2.45, 2.75) is 26.1 Å². The van der Waals surface area contributed by atoms with Crippen molar-refractivity contribution in [2.75, 3.05) is 69.6 Å². The van der Waals surface area contributed by atoms with Crippen molar-refractivity contribution < 1.29 is 21.6 Å². The second-order valence-corrected chi connectivity index (χ2v) is 10.1. The Kier molecular flexibility index (Phi) is 11.3. The molecule has 0 aromatic rings. The Hall–Kier alpha value is 0.01000. The number of thioether (sulfide) groups is 1. The third-order valence-corrected chi connectivity index (χ3v) is 7.74. The summed E-state index contributed by atoms with van der Waals surface area (Å²) >= 11 is 1.75. The van der Waals surface area contributed by atoms with Crippen molar-refractivity contribution >= 4 is 51.7 Å². The summed E-state index contributed by atoms with van der Waals surface area (Å²) in [6, 6.07) is -1.47. The topological polar surface area (TPSA) is 68.2 Å². The van der Waals surface area contributed by atoms with Crippen LogP contribution >= 0.6 is 35.7 Å². The number of alkyl halides is 3. The maximum Gasteiger partial charge on any atom is 0.403 e.